The van der Waals surface area contributed by atoms with Gasteiger partial charge in [0.1, 0.15) is 6.23 Å². The van der Waals surface area contributed by atoms with Crippen LogP contribution in [0.3, 0.4) is 0 Å². The van der Waals surface area contributed by atoms with Crippen LogP contribution in [0.2, 0.25) is 18.1 Å². The van der Waals surface area contributed by atoms with Gasteiger partial charge in [-0.15, -0.1) is 0 Å². The van der Waals surface area contributed by atoms with Crippen LogP contribution in [0, 0.1) is 0 Å². The van der Waals surface area contributed by atoms with E-state index in [1.807, 2.05) is 65.7 Å². The van der Waals surface area contributed by atoms with E-state index in [-0.39, 0.29) is 17.2 Å². The zero-order chi connectivity index (χ0) is 27.7. The normalized spacial score (nSPS) is 15.4. The highest BCUT2D eigenvalue weighted by molar-refractivity contribution is 6.74. The minimum absolute atomic E-state index is 0.0210. The molecule has 2 heterocycles. The van der Waals surface area contributed by atoms with Crippen molar-refractivity contribution in [2.45, 2.75) is 52.1 Å². The molecule has 1 unspecified atom stereocenters. The van der Waals surface area contributed by atoms with E-state index >= 15 is 0 Å². The fourth-order valence-electron chi connectivity index (χ4n) is 4.68. The second-order valence-electron chi connectivity index (χ2n) is 11.5. The van der Waals surface area contributed by atoms with Gasteiger partial charge in [-0.3, -0.25) is 9.59 Å². The molecule has 0 aliphatic carbocycles. The summed E-state index contributed by atoms with van der Waals surface area (Å²) in [6.45, 7) is 15.8. The lowest BCUT2D eigenvalue weighted by Gasteiger charge is -2.39. The first-order valence-corrected chi connectivity index (χ1v) is 16.2. The monoisotopic (exact) mass is 532 g/mol. The first-order chi connectivity index (χ1) is 17.9. The SMILES string of the molecule is CC(O[Si](C)(C)C(C)(C)C)n1ccc(C(=O)N2CCN(c3cccc(C(N)=O)c3)CC2)c1-c1ccccc1. The number of nitrogens with two attached hydrogens (primary N) is 1. The zero-order valence-corrected chi connectivity index (χ0v) is 24.4. The Bertz CT molecular complexity index is 1290. The molecule has 1 aliphatic heterocycles. The van der Waals surface area contributed by atoms with E-state index in [1.54, 1.807) is 6.07 Å². The van der Waals surface area contributed by atoms with Crippen LogP contribution >= 0.6 is 0 Å². The second kappa shape index (κ2) is 10.8. The Kier molecular flexibility index (Phi) is 7.85. The molecular weight excluding hydrogens is 492 g/mol. The van der Waals surface area contributed by atoms with Crippen molar-refractivity contribution in [3.05, 3.63) is 78.0 Å². The first kappa shape index (κ1) is 27.7. The van der Waals surface area contributed by atoms with Crippen LogP contribution in [0.5, 0.6) is 0 Å². The number of hydrogen-bond acceptors (Lipinski definition) is 4. The van der Waals surface area contributed by atoms with Gasteiger partial charge < -0.3 is 24.5 Å². The summed E-state index contributed by atoms with van der Waals surface area (Å²) in [5.41, 5.74) is 9.46. The number of benzene rings is 2. The number of piperazine rings is 1. The predicted molar refractivity (Wildman–Crippen MR) is 156 cm³/mol. The lowest BCUT2D eigenvalue weighted by Crippen LogP contribution is -2.49. The molecule has 1 aliphatic rings. The van der Waals surface area contributed by atoms with Crippen LogP contribution in [0.15, 0.2) is 66.9 Å². The number of carbonyl (C=O) groups is 2. The van der Waals surface area contributed by atoms with Crippen LogP contribution in [-0.4, -0.2) is 55.8 Å². The topological polar surface area (TPSA) is 80.8 Å². The maximum absolute atomic E-state index is 13.9. The molecule has 7 nitrogen and oxygen atoms in total. The third-order valence-corrected chi connectivity index (χ3v) is 12.5. The molecule has 0 saturated carbocycles. The minimum atomic E-state index is -2.03. The summed E-state index contributed by atoms with van der Waals surface area (Å²) in [5, 5.41) is 0.0800. The van der Waals surface area contributed by atoms with Crippen LogP contribution in [0.4, 0.5) is 5.69 Å². The third kappa shape index (κ3) is 5.71. The van der Waals surface area contributed by atoms with Gasteiger partial charge in [-0.1, -0.05) is 57.2 Å². The highest BCUT2D eigenvalue weighted by Gasteiger charge is 2.39. The van der Waals surface area contributed by atoms with E-state index < -0.39 is 14.2 Å². The Morgan fingerprint density at radius 3 is 2.21 bits per heavy atom. The van der Waals surface area contributed by atoms with E-state index in [1.165, 1.54) is 0 Å². The lowest BCUT2D eigenvalue weighted by atomic mass is 10.1. The maximum Gasteiger partial charge on any atom is 0.256 e. The summed E-state index contributed by atoms with van der Waals surface area (Å²) in [6.07, 6.45) is 1.78. The molecule has 2 amide bonds. The first-order valence-electron chi connectivity index (χ1n) is 13.3. The third-order valence-electron chi connectivity index (χ3n) is 7.92. The van der Waals surface area contributed by atoms with Crippen LogP contribution in [0.25, 0.3) is 11.3 Å². The lowest BCUT2D eigenvalue weighted by molar-refractivity contribution is 0.0747. The maximum atomic E-state index is 13.9. The van der Waals surface area contributed by atoms with Gasteiger partial charge in [0.25, 0.3) is 5.91 Å². The highest BCUT2D eigenvalue weighted by atomic mass is 28.4. The molecule has 1 fully saturated rings. The largest absolute Gasteiger partial charge is 0.397 e. The number of anilines is 1. The fraction of sp³-hybridized carbons (Fsp3) is 0.400. The average molecular weight is 533 g/mol. The van der Waals surface area contributed by atoms with Crippen molar-refractivity contribution >= 4 is 25.8 Å². The summed E-state index contributed by atoms with van der Waals surface area (Å²) in [6, 6.07) is 19.4. The van der Waals surface area contributed by atoms with E-state index in [4.69, 9.17) is 10.2 Å². The van der Waals surface area contributed by atoms with Crippen molar-refractivity contribution in [3.63, 3.8) is 0 Å². The fourth-order valence-corrected chi connectivity index (χ4v) is 6.00. The van der Waals surface area contributed by atoms with Crippen LogP contribution in [-0.2, 0) is 4.43 Å². The Labute approximate surface area is 227 Å². The van der Waals surface area contributed by atoms with Gasteiger partial charge in [0.2, 0.25) is 5.91 Å². The Balaban J connectivity index is 1.57. The van der Waals surface area contributed by atoms with E-state index in [9.17, 15) is 9.59 Å². The molecule has 0 spiro atoms. The number of hydrogen-bond donors (Lipinski definition) is 1. The number of aromatic nitrogens is 1. The van der Waals surface area contributed by atoms with E-state index in [0.717, 1.165) is 16.9 Å². The Morgan fingerprint density at radius 2 is 1.61 bits per heavy atom. The summed E-state index contributed by atoms with van der Waals surface area (Å²) in [4.78, 5) is 29.6. The standard InChI is InChI=1S/C30H40N4O3Si/c1-22(37-38(5,6)30(2,3)4)34-16-15-26(27(34)23-11-8-7-9-12-23)29(36)33-19-17-32(18-20-33)25-14-10-13-24(21-25)28(31)35/h7-16,21-22H,17-20H2,1-6H3,(H2,31,35). The molecule has 1 saturated heterocycles. The molecule has 38 heavy (non-hydrogen) atoms. The van der Waals surface area contributed by atoms with Gasteiger partial charge in [-0.25, -0.2) is 0 Å². The number of primary amides is 1. The number of nitrogens with zero attached hydrogens (tertiary/aromatic N) is 3. The molecule has 3 aromatic rings. The van der Waals surface area contributed by atoms with Gasteiger partial charge in [0.05, 0.1) is 11.3 Å². The molecule has 2 N–H and O–H groups in total. The van der Waals surface area contributed by atoms with Crippen molar-refractivity contribution < 1.29 is 14.0 Å². The van der Waals surface area contributed by atoms with Crippen LogP contribution < -0.4 is 10.6 Å². The Hall–Kier alpha value is -3.36. The van der Waals surface area contributed by atoms with E-state index in [2.05, 4.69) is 50.3 Å². The van der Waals surface area contributed by atoms with E-state index in [0.29, 0.717) is 37.3 Å². The predicted octanol–water partition coefficient (Wildman–Crippen LogP) is 5.76. The van der Waals surface area contributed by atoms with Crippen molar-refractivity contribution in [1.29, 1.82) is 0 Å². The molecule has 0 radical (unpaired) electrons. The molecule has 4 rings (SSSR count). The van der Waals surface area contributed by atoms with Gasteiger partial charge in [-0.05, 0) is 54.9 Å². The van der Waals surface area contributed by atoms with Crippen molar-refractivity contribution in [2.75, 3.05) is 31.1 Å². The van der Waals surface area contributed by atoms with Crippen LogP contribution in [0.1, 0.15) is 54.6 Å². The van der Waals surface area contributed by atoms with Gasteiger partial charge in [0, 0.05) is 43.6 Å². The summed E-state index contributed by atoms with van der Waals surface area (Å²) in [5.74, 6) is -0.418. The molecule has 1 atom stereocenters. The van der Waals surface area contributed by atoms with Gasteiger partial charge in [-0.2, -0.15) is 0 Å². The smallest absolute Gasteiger partial charge is 0.256 e. The van der Waals surface area contributed by atoms with Crippen molar-refractivity contribution in [1.82, 2.24) is 9.47 Å². The summed E-state index contributed by atoms with van der Waals surface area (Å²) in [7, 11) is -2.03. The quantitative estimate of drug-likeness (QED) is 0.393. The van der Waals surface area contributed by atoms with Crippen molar-refractivity contribution in [2.24, 2.45) is 5.73 Å². The van der Waals surface area contributed by atoms with Gasteiger partial charge >= 0.3 is 0 Å². The minimum Gasteiger partial charge on any atom is -0.397 e. The second-order valence-corrected chi connectivity index (χ2v) is 16.3. The molecule has 202 valence electrons. The molecule has 1 aromatic heterocycles. The van der Waals surface area contributed by atoms with Crippen molar-refractivity contribution in [3.8, 4) is 11.3 Å². The number of carbonyl (C=O) groups excluding carboxylic acids is 2. The summed E-state index contributed by atoms with van der Waals surface area (Å²) >= 11 is 0. The number of rotatable bonds is 7. The molecular formula is C30H40N4O3Si. The summed E-state index contributed by atoms with van der Waals surface area (Å²) < 4.78 is 8.82. The zero-order valence-electron chi connectivity index (χ0n) is 23.4. The molecule has 8 heteroatoms. The average Bonchev–Trinajstić information content (AvgIpc) is 3.33. The Morgan fingerprint density at radius 1 is 0.947 bits per heavy atom. The molecule has 2 aromatic carbocycles. The highest BCUT2D eigenvalue weighted by Crippen LogP contribution is 2.40. The van der Waals surface area contributed by atoms with Gasteiger partial charge in [0.15, 0.2) is 8.32 Å². The molecule has 0 bridgehead atoms. The number of amides is 2.